The summed E-state index contributed by atoms with van der Waals surface area (Å²) in [7, 11) is 1.30. The number of halogens is 1. The minimum absolute atomic E-state index is 0.249. The summed E-state index contributed by atoms with van der Waals surface area (Å²) in [5, 5.41) is 2.97. The van der Waals surface area contributed by atoms with E-state index in [-0.39, 0.29) is 5.91 Å². The van der Waals surface area contributed by atoms with Gasteiger partial charge in [-0.15, -0.1) is 0 Å². The third-order valence-electron chi connectivity index (χ3n) is 2.32. The van der Waals surface area contributed by atoms with E-state index in [0.717, 1.165) is 0 Å². The molecule has 78 valence electrons. The van der Waals surface area contributed by atoms with E-state index in [4.69, 9.17) is 11.6 Å². The molecule has 0 unspecified atom stereocenters. The molecule has 4 nitrogen and oxygen atoms in total. The topological polar surface area (TPSA) is 55.4 Å². The molecule has 0 aliphatic carbocycles. The van der Waals surface area contributed by atoms with Gasteiger partial charge >= 0.3 is 5.97 Å². The van der Waals surface area contributed by atoms with Crippen molar-refractivity contribution in [3.63, 3.8) is 0 Å². The number of fused-ring (bicyclic) bond motifs is 1. The minimum atomic E-state index is -0.459. The van der Waals surface area contributed by atoms with E-state index in [1.165, 1.54) is 13.2 Å². The second-order valence-corrected chi connectivity index (χ2v) is 3.53. The Morgan fingerprint density at radius 2 is 2.27 bits per heavy atom. The fourth-order valence-electron chi connectivity index (χ4n) is 1.61. The number of carbonyl (C=O) groups excluding carboxylic acids is 2. The number of carbonyl (C=O) groups is 2. The van der Waals surface area contributed by atoms with E-state index < -0.39 is 5.97 Å². The Labute approximate surface area is 91.2 Å². The van der Waals surface area contributed by atoms with Crippen LogP contribution in [0.15, 0.2) is 12.1 Å². The standard InChI is InChI=1S/C10H8ClNO3/c1-15-10(14)5-2-3-7(11)8-6(5)4-12-9(8)13/h2-3H,4H2,1H3,(H,12,13). The summed E-state index contributed by atoms with van der Waals surface area (Å²) in [5.41, 5.74) is 1.37. The molecule has 1 aromatic rings. The van der Waals surface area contributed by atoms with E-state index >= 15 is 0 Å². The number of benzene rings is 1. The quantitative estimate of drug-likeness (QED) is 0.735. The van der Waals surface area contributed by atoms with Crippen LogP contribution in [0.1, 0.15) is 26.3 Å². The molecule has 0 fully saturated rings. The average molecular weight is 226 g/mol. The Kier molecular flexibility index (Phi) is 2.36. The molecular formula is C10H8ClNO3. The first-order chi connectivity index (χ1) is 7.15. The van der Waals surface area contributed by atoms with Crippen molar-refractivity contribution < 1.29 is 14.3 Å². The number of hydrogen-bond donors (Lipinski definition) is 1. The van der Waals surface area contributed by atoms with Crippen molar-refractivity contribution in [1.82, 2.24) is 5.32 Å². The molecule has 1 heterocycles. The zero-order valence-electron chi connectivity index (χ0n) is 7.96. The average Bonchev–Trinajstić information content (AvgIpc) is 2.61. The van der Waals surface area contributed by atoms with E-state index in [2.05, 4.69) is 10.1 Å². The van der Waals surface area contributed by atoms with Gasteiger partial charge in [-0.1, -0.05) is 11.6 Å². The highest BCUT2D eigenvalue weighted by Crippen LogP contribution is 2.27. The predicted molar refractivity (Wildman–Crippen MR) is 54.0 cm³/mol. The third kappa shape index (κ3) is 1.47. The number of hydrogen-bond acceptors (Lipinski definition) is 3. The van der Waals surface area contributed by atoms with E-state index in [1.54, 1.807) is 6.07 Å². The fourth-order valence-corrected chi connectivity index (χ4v) is 1.87. The van der Waals surface area contributed by atoms with Crippen LogP contribution in [-0.2, 0) is 11.3 Å². The SMILES string of the molecule is COC(=O)c1ccc(Cl)c2c1CNC2=O. The molecule has 0 saturated carbocycles. The van der Waals surface area contributed by atoms with Gasteiger partial charge in [0.05, 0.1) is 23.3 Å². The summed E-state index contributed by atoms with van der Waals surface area (Å²) in [6.45, 7) is 0.319. The molecule has 2 rings (SSSR count). The number of nitrogens with one attached hydrogen (secondary N) is 1. The Morgan fingerprint density at radius 1 is 1.53 bits per heavy atom. The Hall–Kier alpha value is -1.55. The molecule has 0 saturated heterocycles. The molecule has 0 aromatic heterocycles. The zero-order valence-corrected chi connectivity index (χ0v) is 8.72. The highest BCUT2D eigenvalue weighted by atomic mass is 35.5. The summed E-state index contributed by atoms with van der Waals surface area (Å²) >= 11 is 5.87. The van der Waals surface area contributed by atoms with Crippen molar-refractivity contribution in [2.75, 3.05) is 7.11 Å². The second-order valence-electron chi connectivity index (χ2n) is 3.12. The number of amides is 1. The summed E-state index contributed by atoms with van der Waals surface area (Å²) in [6, 6.07) is 3.09. The van der Waals surface area contributed by atoms with Crippen molar-refractivity contribution in [3.05, 3.63) is 33.8 Å². The van der Waals surface area contributed by atoms with Crippen LogP contribution in [0, 0.1) is 0 Å². The lowest BCUT2D eigenvalue weighted by Gasteiger charge is -2.05. The largest absolute Gasteiger partial charge is 0.465 e. The van der Waals surface area contributed by atoms with Crippen LogP contribution in [0.3, 0.4) is 0 Å². The lowest BCUT2D eigenvalue weighted by molar-refractivity contribution is 0.0599. The Morgan fingerprint density at radius 3 is 2.93 bits per heavy atom. The van der Waals surface area contributed by atoms with Crippen LogP contribution in [0.4, 0.5) is 0 Å². The van der Waals surface area contributed by atoms with Gasteiger partial charge in [-0.3, -0.25) is 4.79 Å². The lowest BCUT2D eigenvalue weighted by atomic mass is 10.0. The number of esters is 1. The van der Waals surface area contributed by atoms with Crippen molar-refractivity contribution >= 4 is 23.5 Å². The molecule has 1 aromatic carbocycles. The first-order valence-electron chi connectivity index (χ1n) is 4.33. The number of ether oxygens (including phenoxy) is 1. The van der Waals surface area contributed by atoms with Crippen LogP contribution in [0.25, 0.3) is 0 Å². The monoisotopic (exact) mass is 225 g/mol. The van der Waals surface area contributed by atoms with Crippen LogP contribution in [-0.4, -0.2) is 19.0 Å². The molecule has 1 amide bonds. The van der Waals surface area contributed by atoms with Crippen LogP contribution in [0.2, 0.25) is 5.02 Å². The maximum absolute atomic E-state index is 11.4. The van der Waals surface area contributed by atoms with Crippen molar-refractivity contribution in [3.8, 4) is 0 Å². The molecule has 15 heavy (non-hydrogen) atoms. The first-order valence-corrected chi connectivity index (χ1v) is 4.71. The number of rotatable bonds is 1. The highest BCUT2D eigenvalue weighted by Gasteiger charge is 2.27. The Balaban J connectivity index is 2.62. The maximum Gasteiger partial charge on any atom is 0.338 e. The van der Waals surface area contributed by atoms with Gasteiger partial charge in [-0.25, -0.2) is 4.79 Å². The fraction of sp³-hybridized carbons (Fsp3) is 0.200. The molecule has 1 aliphatic rings. The molecule has 0 spiro atoms. The normalized spacial score (nSPS) is 13.3. The molecular weight excluding hydrogens is 218 g/mol. The summed E-state index contributed by atoms with van der Waals surface area (Å²) in [5.74, 6) is -0.708. The van der Waals surface area contributed by atoms with Crippen molar-refractivity contribution in [1.29, 1.82) is 0 Å². The van der Waals surface area contributed by atoms with Crippen LogP contribution < -0.4 is 5.32 Å². The van der Waals surface area contributed by atoms with Gasteiger partial charge in [0.15, 0.2) is 0 Å². The van der Waals surface area contributed by atoms with Gasteiger partial charge in [-0.05, 0) is 12.1 Å². The van der Waals surface area contributed by atoms with Gasteiger partial charge in [0.25, 0.3) is 5.91 Å². The van der Waals surface area contributed by atoms with Gasteiger partial charge < -0.3 is 10.1 Å². The Bertz CT molecular complexity index is 456. The van der Waals surface area contributed by atoms with E-state index in [1.807, 2.05) is 0 Å². The number of methoxy groups -OCH3 is 1. The molecule has 0 radical (unpaired) electrons. The van der Waals surface area contributed by atoms with Gasteiger partial charge in [-0.2, -0.15) is 0 Å². The van der Waals surface area contributed by atoms with Crippen LogP contribution in [0.5, 0.6) is 0 Å². The lowest BCUT2D eigenvalue weighted by Crippen LogP contribution is -2.12. The first kappa shape index (κ1) is 9.98. The predicted octanol–water partition coefficient (Wildman–Crippen LogP) is 1.37. The molecule has 0 atom stereocenters. The van der Waals surface area contributed by atoms with Gasteiger partial charge in [0, 0.05) is 12.1 Å². The van der Waals surface area contributed by atoms with Gasteiger partial charge in [0.1, 0.15) is 0 Å². The summed E-state index contributed by atoms with van der Waals surface area (Å²) < 4.78 is 4.62. The van der Waals surface area contributed by atoms with Crippen LogP contribution >= 0.6 is 11.6 Å². The van der Waals surface area contributed by atoms with E-state index in [0.29, 0.717) is 28.3 Å². The van der Waals surface area contributed by atoms with Crippen molar-refractivity contribution in [2.45, 2.75) is 6.54 Å². The second kappa shape index (κ2) is 3.55. The maximum atomic E-state index is 11.4. The highest BCUT2D eigenvalue weighted by molar-refractivity contribution is 6.34. The van der Waals surface area contributed by atoms with Gasteiger partial charge in [0.2, 0.25) is 0 Å². The molecule has 1 N–H and O–H groups in total. The molecule has 1 aliphatic heterocycles. The molecule has 5 heteroatoms. The van der Waals surface area contributed by atoms with Crippen molar-refractivity contribution in [2.24, 2.45) is 0 Å². The third-order valence-corrected chi connectivity index (χ3v) is 2.64. The smallest absolute Gasteiger partial charge is 0.338 e. The summed E-state index contributed by atoms with van der Waals surface area (Å²) in [6.07, 6.45) is 0. The summed E-state index contributed by atoms with van der Waals surface area (Å²) in [4.78, 5) is 22.8. The minimum Gasteiger partial charge on any atom is -0.465 e. The zero-order chi connectivity index (χ0) is 11.0. The van der Waals surface area contributed by atoms with E-state index in [9.17, 15) is 9.59 Å². The molecule has 0 bridgehead atoms.